The number of carbonyl (C=O) groups is 1. The zero-order valence-electron chi connectivity index (χ0n) is 11.0. The van der Waals surface area contributed by atoms with Crippen LogP contribution in [0.5, 0.6) is 0 Å². The molecular formula is C15H17BrN2OS. The molecule has 0 fully saturated rings. The monoisotopic (exact) mass is 352 g/mol. The Labute approximate surface area is 131 Å². The molecule has 0 aliphatic heterocycles. The lowest BCUT2D eigenvalue weighted by atomic mass is 10.1. The van der Waals surface area contributed by atoms with Crippen molar-refractivity contribution in [3.8, 4) is 0 Å². The van der Waals surface area contributed by atoms with E-state index in [1.54, 1.807) is 11.3 Å². The van der Waals surface area contributed by atoms with Crippen LogP contribution in [0.4, 0.5) is 0 Å². The number of thiophene rings is 1. The molecule has 0 aliphatic carbocycles. The predicted molar refractivity (Wildman–Crippen MR) is 86.6 cm³/mol. The van der Waals surface area contributed by atoms with Crippen molar-refractivity contribution in [2.24, 2.45) is 5.73 Å². The molecule has 0 saturated heterocycles. The highest BCUT2D eigenvalue weighted by Gasteiger charge is 2.13. The standard InChI is InChI=1S/C15H17BrN2OS/c16-12-8-13(20-10-12)9-18-15(19)14(17)7-6-11-4-2-1-3-5-11/h1-5,8,10,14H,6-7,9,17H2,(H,18,19)/t14-/m0/s1. The third-order valence-electron chi connectivity index (χ3n) is 2.98. The number of halogens is 1. The molecule has 1 aromatic carbocycles. The summed E-state index contributed by atoms with van der Waals surface area (Å²) in [6, 6.07) is 11.6. The van der Waals surface area contributed by atoms with Crippen LogP contribution in [0.15, 0.2) is 46.3 Å². The van der Waals surface area contributed by atoms with E-state index in [2.05, 4.69) is 21.2 Å². The number of nitrogens with two attached hydrogens (primary N) is 1. The Kier molecular flexibility index (Phi) is 5.76. The minimum Gasteiger partial charge on any atom is -0.350 e. The number of benzene rings is 1. The van der Waals surface area contributed by atoms with Crippen molar-refractivity contribution >= 4 is 33.2 Å². The maximum Gasteiger partial charge on any atom is 0.237 e. The molecule has 20 heavy (non-hydrogen) atoms. The molecule has 0 saturated carbocycles. The fourth-order valence-corrected chi connectivity index (χ4v) is 3.24. The Bertz CT molecular complexity index is 556. The summed E-state index contributed by atoms with van der Waals surface area (Å²) in [5, 5.41) is 4.87. The van der Waals surface area contributed by atoms with Gasteiger partial charge in [-0.1, -0.05) is 30.3 Å². The van der Waals surface area contributed by atoms with Crippen molar-refractivity contribution in [3.63, 3.8) is 0 Å². The Morgan fingerprint density at radius 1 is 1.35 bits per heavy atom. The van der Waals surface area contributed by atoms with Gasteiger partial charge in [-0.2, -0.15) is 0 Å². The van der Waals surface area contributed by atoms with Gasteiger partial charge in [0.25, 0.3) is 0 Å². The third-order valence-corrected chi connectivity index (χ3v) is 4.68. The molecule has 0 bridgehead atoms. The summed E-state index contributed by atoms with van der Waals surface area (Å²) < 4.78 is 1.04. The van der Waals surface area contributed by atoms with Crippen LogP contribution in [-0.2, 0) is 17.8 Å². The van der Waals surface area contributed by atoms with Gasteiger partial charge in [-0.05, 0) is 40.4 Å². The highest BCUT2D eigenvalue weighted by Crippen LogP contribution is 2.19. The molecule has 2 aromatic rings. The Hall–Kier alpha value is -1.17. The van der Waals surface area contributed by atoms with Crippen LogP contribution in [0.25, 0.3) is 0 Å². The van der Waals surface area contributed by atoms with Gasteiger partial charge in [-0.3, -0.25) is 4.79 Å². The van der Waals surface area contributed by atoms with E-state index in [9.17, 15) is 4.79 Å². The van der Waals surface area contributed by atoms with Crippen LogP contribution in [-0.4, -0.2) is 11.9 Å². The van der Waals surface area contributed by atoms with Gasteiger partial charge in [-0.25, -0.2) is 0 Å². The van der Waals surface area contributed by atoms with Gasteiger partial charge < -0.3 is 11.1 Å². The fourth-order valence-electron chi connectivity index (χ4n) is 1.85. The number of hydrogen-bond donors (Lipinski definition) is 2. The SMILES string of the molecule is N[C@@H](CCc1ccccc1)C(=O)NCc1cc(Br)cs1. The van der Waals surface area contributed by atoms with Gasteiger partial charge in [0.2, 0.25) is 5.91 Å². The molecule has 1 atom stereocenters. The maximum atomic E-state index is 11.9. The van der Waals surface area contributed by atoms with Crippen LogP contribution in [0.3, 0.4) is 0 Å². The minimum absolute atomic E-state index is 0.0922. The predicted octanol–water partition coefficient (Wildman–Crippen LogP) is 3.09. The van der Waals surface area contributed by atoms with Crippen molar-refractivity contribution < 1.29 is 4.79 Å². The molecule has 2 rings (SSSR count). The molecule has 1 amide bonds. The molecular weight excluding hydrogens is 336 g/mol. The fraction of sp³-hybridized carbons (Fsp3) is 0.267. The molecule has 106 valence electrons. The smallest absolute Gasteiger partial charge is 0.237 e. The van der Waals surface area contributed by atoms with E-state index in [0.29, 0.717) is 13.0 Å². The summed E-state index contributed by atoms with van der Waals surface area (Å²) >= 11 is 5.00. The quantitative estimate of drug-likeness (QED) is 0.839. The summed E-state index contributed by atoms with van der Waals surface area (Å²) in [6.45, 7) is 0.536. The van der Waals surface area contributed by atoms with Crippen LogP contribution < -0.4 is 11.1 Å². The second-order valence-corrected chi connectivity index (χ2v) is 6.49. The van der Waals surface area contributed by atoms with E-state index in [0.717, 1.165) is 15.8 Å². The first-order valence-electron chi connectivity index (χ1n) is 6.45. The molecule has 0 aliphatic rings. The summed E-state index contributed by atoms with van der Waals surface area (Å²) in [6.07, 6.45) is 1.48. The number of hydrogen-bond acceptors (Lipinski definition) is 3. The number of rotatable bonds is 6. The first-order chi connectivity index (χ1) is 9.65. The van der Waals surface area contributed by atoms with Crippen LogP contribution in [0, 0.1) is 0 Å². The van der Waals surface area contributed by atoms with E-state index in [1.807, 2.05) is 41.8 Å². The lowest BCUT2D eigenvalue weighted by Crippen LogP contribution is -2.40. The number of nitrogens with one attached hydrogen (secondary N) is 1. The van der Waals surface area contributed by atoms with Crippen molar-refractivity contribution in [1.29, 1.82) is 0 Å². The number of aryl methyl sites for hydroxylation is 1. The minimum atomic E-state index is -0.460. The molecule has 1 aromatic heterocycles. The zero-order valence-corrected chi connectivity index (χ0v) is 13.4. The lowest BCUT2D eigenvalue weighted by molar-refractivity contribution is -0.122. The third kappa shape index (κ3) is 4.74. The van der Waals surface area contributed by atoms with Gasteiger partial charge in [-0.15, -0.1) is 11.3 Å². The summed E-state index contributed by atoms with van der Waals surface area (Å²) in [5.41, 5.74) is 7.12. The first kappa shape index (κ1) is 15.2. The summed E-state index contributed by atoms with van der Waals surface area (Å²) in [7, 11) is 0. The largest absolute Gasteiger partial charge is 0.350 e. The maximum absolute atomic E-state index is 11.9. The van der Waals surface area contributed by atoms with Crippen molar-refractivity contribution in [1.82, 2.24) is 5.32 Å². The average Bonchev–Trinajstić information content (AvgIpc) is 2.89. The van der Waals surface area contributed by atoms with Crippen LogP contribution in [0.1, 0.15) is 16.9 Å². The zero-order chi connectivity index (χ0) is 14.4. The van der Waals surface area contributed by atoms with E-state index in [4.69, 9.17) is 5.73 Å². The van der Waals surface area contributed by atoms with E-state index < -0.39 is 6.04 Å². The van der Waals surface area contributed by atoms with Crippen LogP contribution >= 0.6 is 27.3 Å². The Morgan fingerprint density at radius 2 is 2.10 bits per heavy atom. The lowest BCUT2D eigenvalue weighted by Gasteiger charge is -2.11. The molecule has 1 heterocycles. The average molecular weight is 353 g/mol. The highest BCUT2D eigenvalue weighted by atomic mass is 79.9. The van der Waals surface area contributed by atoms with Gasteiger partial charge >= 0.3 is 0 Å². The summed E-state index contributed by atoms with van der Waals surface area (Å²) in [5.74, 6) is -0.0922. The normalized spacial score (nSPS) is 12.1. The topological polar surface area (TPSA) is 55.1 Å². The Morgan fingerprint density at radius 3 is 2.75 bits per heavy atom. The van der Waals surface area contributed by atoms with Gasteiger partial charge in [0.15, 0.2) is 0 Å². The van der Waals surface area contributed by atoms with Crippen molar-refractivity contribution in [3.05, 3.63) is 56.7 Å². The number of amides is 1. The van der Waals surface area contributed by atoms with Gasteiger partial charge in [0.1, 0.15) is 0 Å². The molecule has 0 spiro atoms. The highest BCUT2D eigenvalue weighted by molar-refractivity contribution is 9.10. The van der Waals surface area contributed by atoms with Crippen LogP contribution in [0.2, 0.25) is 0 Å². The van der Waals surface area contributed by atoms with E-state index >= 15 is 0 Å². The van der Waals surface area contributed by atoms with Gasteiger partial charge in [0.05, 0.1) is 12.6 Å². The second-order valence-electron chi connectivity index (χ2n) is 4.58. The number of carbonyl (C=O) groups excluding carboxylic acids is 1. The molecule has 3 nitrogen and oxygen atoms in total. The summed E-state index contributed by atoms with van der Waals surface area (Å²) in [4.78, 5) is 13.0. The molecule has 5 heteroatoms. The van der Waals surface area contributed by atoms with Crippen molar-refractivity contribution in [2.45, 2.75) is 25.4 Å². The van der Waals surface area contributed by atoms with Gasteiger partial charge in [0, 0.05) is 14.7 Å². The molecule has 3 N–H and O–H groups in total. The van der Waals surface area contributed by atoms with E-state index in [-0.39, 0.29) is 5.91 Å². The Balaban J connectivity index is 1.74. The second kappa shape index (κ2) is 7.57. The first-order valence-corrected chi connectivity index (χ1v) is 8.12. The molecule has 0 unspecified atom stereocenters. The molecule has 0 radical (unpaired) electrons. The van der Waals surface area contributed by atoms with E-state index in [1.165, 1.54) is 5.56 Å². The van der Waals surface area contributed by atoms with Crippen molar-refractivity contribution in [2.75, 3.05) is 0 Å².